The lowest BCUT2D eigenvalue weighted by Crippen LogP contribution is -2.02. The first-order chi connectivity index (χ1) is 12.0. The van der Waals surface area contributed by atoms with Gasteiger partial charge in [-0.2, -0.15) is 0 Å². The van der Waals surface area contributed by atoms with Crippen LogP contribution in [0.15, 0.2) is 54.6 Å². The van der Waals surface area contributed by atoms with Gasteiger partial charge in [0.25, 0.3) is 0 Å². The molecule has 0 aromatic heterocycles. The first kappa shape index (κ1) is 17.2. The van der Waals surface area contributed by atoms with Gasteiger partial charge in [0.15, 0.2) is 11.6 Å². The summed E-state index contributed by atoms with van der Waals surface area (Å²) >= 11 is 0. The summed E-state index contributed by atoms with van der Waals surface area (Å²) < 4.78 is 27.9. The number of hydrogen-bond donors (Lipinski definition) is 1. The van der Waals surface area contributed by atoms with Crippen molar-refractivity contribution in [2.24, 2.45) is 0 Å². The van der Waals surface area contributed by atoms with Gasteiger partial charge in [0.05, 0.1) is 0 Å². The van der Waals surface area contributed by atoms with Crippen LogP contribution in [0, 0.1) is 25.5 Å². The highest BCUT2D eigenvalue weighted by Crippen LogP contribution is 2.28. The van der Waals surface area contributed by atoms with Gasteiger partial charge in [-0.25, -0.2) is 8.78 Å². The summed E-state index contributed by atoms with van der Waals surface area (Å²) in [4.78, 5) is 0. The summed E-state index contributed by atoms with van der Waals surface area (Å²) in [7, 11) is 0. The second kappa shape index (κ2) is 7.06. The monoisotopic (exact) mass is 338 g/mol. The van der Waals surface area contributed by atoms with Crippen LogP contribution >= 0.6 is 0 Å². The van der Waals surface area contributed by atoms with Crippen molar-refractivity contribution in [1.29, 1.82) is 0 Å². The molecule has 0 aliphatic rings. The zero-order valence-electron chi connectivity index (χ0n) is 14.3. The molecule has 0 saturated heterocycles. The number of aryl methyl sites for hydroxylation is 2. The van der Waals surface area contributed by atoms with Crippen molar-refractivity contribution in [3.63, 3.8) is 0 Å². The number of phenolic OH excluding ortho intramolecular Hbond substituents is 1. The van der Waals surface area contributed by atoms with Gasteiger partial charge in [-0.3, -0.25) is 0 Å². The Morgan fingerprint density at radius 3 is 2.28 bits per heavy atom. The molecular weight excluding hydrogens is 318 g/mol. The van der Waals surface area contributed by atoms with Crippen LogP contribution in [0.3, 0.4) is 0 Å². The molecule has 1 N–H and O–H groups in total. The van der Waals surface area contributed by atoms with Crippen molar-refractivity contribution in [2.75, 3.05) is 0 Å². The van der Waals surface area contributed by atoms with Crippen molar-refractivity contribution in [3.8, 4) is 16.9 Å². The average Bonchev–Trinajstić information content (AvgIpc) is 2.62. The largest absolute Gasteiger partial charge is 0.505 e. The van der Waals surface area contributed by atoms with E-state index in [1.54, 1.807) is 0 Å². The maximum Gasteiger partial charge on any atom is 0.170 e. The van der Waals surface area contributed by atoms with Crippen molar-refractivity contribution in [3.05, 3.63) is 88.5 Å². The zero-order valence-corrected chi connectivity index (χ0v) is 14.3. The lowest BCUT2D eigenvalue weighted by Gasteiger charge is -2.13. The van der Waals surface area contributed by atoms with Gasteiger partial charge in [0, 0.05) is 5.56 Å². The third-order valence-electron chi connectivity index (χ3n) is 4.69. The van der Waals surface area contributed by atoms with Crippen LogP contribution in [-0.4, -0.2) is 5.11 Å². The van der Waals surface area contributed by atoms with E-state index in [-0.39, 0.29) is 12.0 Å². The van der Waals surface area contributed by atoms with E-state index in [0.717, 1.165) is 39.9 Å². The normalized spacial score (nSPS) is 10.9. The Hall–Kier alpha value is -2.68. The summed E-state index contributed by atoms with van der Waals surface area (Å²) in [6, 6.07) is 16.4. The van der Waals surface area contributed by atoms with Crippen LogP contribution < -0.4 is 0 Å². The number of benzene rings is 3. The number of rotatable bonds is 4. The molecule has 128 valence electrons. The summed E-state index contributed by atoms with van der Waals surface area (Å²) in [5, 5.41) is 9.47. The Kier molecular flexibility index (Phi) is 4.84. The van der Waals surface area contributed by atoms with E-state index >= 15 is 0 Å². The van der Waals surface area contributed by atoms with Gasteiger partial charge in [0.2, 0.25) is 0 Å². The molecule has 1 nitrogen and oxygen atoms in total. The Morgan fingerprint density at radius 1 is 0.840 bits per heavy atom. The Morgan fingerprint density at radius 2 is 1.56 bits per heavy atom. The quantitative estimate of drug-likeness (QED) is 0.643. The predicted octanol–water partition coefficient (Wildman–Crippen LogP) is 5.74. The van der Waals surface area contributed by atoms with Crippen molar-refractivity contribution in [2.45, 2.75) is 26.7 Å². The van der Waals surface area contributed by atoms with Crippen LogP contribution in [0.5, 0.6) is 5.75 Å². The molecule has 0 saturated carbocycles. The highest BCUT2D eigenvalue weighted by Gasteiger charge is 2.14. The maximum atomic E-state index is 14.0. The van der Waals surface area contributed by atoms with E-state index in [1.165, 1.54) is 0 Å². The topological polar surface area (TPSA) is 20.2 Å². The molecule has 3 rings (SSSR count). The smallest absolute Gasteiger partial charge is 0.170 e. The predicted molar refractivity (Wildman–Crippen MR) is 96.8 cm³/mol. The number of phenols is 1. The molecule has 3 aromatic carbocycles. The average molecular weight is 338 g/mol. The van der Waals surface area contributed by atoms with Gasteiger partial charge in [-0.1, -0.05) is 42.5 Å². The van der Waals surface area contributed by atoms with Crippen molar-refractivity contribution in [1.82, 2.24) is 0 Å². The summed E-state index contributed by atoms with van der Waals surface area (Å²) in [6.45, 7) is 4.06. The summed E-state index contributed by atoms with van der Waals surface area (Å²) in [5.41, 5.74) is 5.47. The second-order valence-electron chi connectivity index (χ2n) is 6.30. The minimum atomic E-state index is -0.867. The van der Waals surface area contributed by atoms with E-state index in [4.69, 9.17) is 0 Å². The fourth-order valence-corrected chi connectivity index (χ4v) is 3.06. The number of hydrogen-bond acceptors (Lipinski definition) is 1. The first-order valence-corrected chi connectivity index (χ1v) is 8.28. The molecule has 0 fully saturated rings. The SMILES string of the molecule is Cc1cc(-c2ccccc2)cc(CCc2c(F)ccc(O)c2F)c1C. The summed E-state index contributed by atoms with van der Waals surface area (Å²) in [6.07, 6.45) is 0.704. The van der Waals surface area contributed by atoms with Crippen molar-refractivity contribution >= 4 is 0 Å². The second-order valence-corrected chi connectivity index (χ2v) is 6.30. The number of aromatic hydroxyl groups is 1. The lowest BCUT2D eigenvalue weighted by atomic mass is 9.92. The van der Waals surface area contributed by atoms with Gasteiger partial charge in [0.1, 0.15) is 5.82 Å². The third-order valence-corrected chi connectivity index (χ3v) is 4.69. The van der Waals surface area contributed by atoms with E-state index in [9.17, 15) is 13.9 Å². The van der Waals surface area contributed by atoms with E-state index in [2.05, 4.69) is 12.1 Å². The van der Waals surface area contributed by atoms with E-state index in [0.29, 0.717) is 6.42 Å². The minimum Gasteiger partial charge on any atom is -0.505 e. The zero-order chi connectivity index (χ0) is 18.0. The fourth-order valence-electron chi connectivity index (χ4n) is 3.06. The van der Waals surface area contributed by atoms with Crippen LogP contribution in [0.2, 0.25) is 0 Å². The Labute approximate surface area is 146 Å². The maximum absolute atomic E-state index is 14.0. The Bertz CT molecular complexity index is 902. The molecule has 25 heavy (non-hydrogen) atoms. The van der Waals surface area contributed by atoms with E-state index < -0.39 is 17.4 Å². The highest BCUT2D eigenvalue weighted by atomic mass is 19.1. The van der Waals surface area contributed by atoms with Gasteiger partial charge in [-0.05, 0) is 66.6 Å². The minimum absolute atomic E-state index is 0.0674. The van der Waals surface area contributed by atoms with Crippen LogP contribution in [0.25, 0.3) is 11.1 Å². The van der Waals surface area contributed by atoms with E-state index in [1.807, 2.05) is 44.2 Å². The summed E-state index contributed by atoms with van der Waals surface area (Å²) in [5.74, 6) is -2.00. The molecule has 0 spiro atoms. The molecule has 0 aliphatic carbocycles. The van der Waals surface area contributed by atoms with Crippen LogP contribution in [-0.2, 0) is 12.8 Å². The fraction of sp³-hybridized carbons (Fsp3) is 0.182. The van der Waals surface area contributed by atoms with Gasteiger partial charge < -0.3 is 5.11 Å². The molecule has 0 bridgehead atoms. The molecule has 0 atom stereocenters. The van der Waals surface area contributed by atoms with Crippen molar-refractivity contribution < 1.29 is 13.9 Å². The first-order valence-electron chi connectivity index (χ1n) is 8.28. The van der Waals surface area contributed by atoms with Crippen LogP contribution in [0.1, 0.15) is 22.3 Å². The molecule has 3 aromatic rings. The highest BCUT2D eigenvalue weighted by molar-refractivity contribution is 5.66. The molecule has 0 heterocycles. The molecule has 0 radical (unpaired) electrons. The molecule has 3 heteroatoms. The molecule has 0 unspecified atom stereocenters. The third kappa shape index (κ3) is 3.55. The van der Waals surface area contributed by atoms with Gasteiger partial charge >= 0.3 is 0 Å². The Balaban J connectivity index is 1.93. The van der Waals surface area contributed by atoms with Gasteiger partial charge in [-0.15, -0.1) is 0 Å². The lowest BCUT2D eigenvalue weighted by molar-refractivity contribution is 0.422. The standard InChI is InChI=1S/C22H20F2O/c1-14-12-18(16-6-4-3-5-7-16)13-17(15(14)2)8-9-19-20(23)10-11-21(25)22(19)24/h3-7,10-13,25H,8-9H2,1-2H3. The molecule has 0 amide bonds. The van der Waals surface area contributed by atoms with Crippen LogP contribution in [0.4, 0.5) is 8.78 Å². The molecule has 0 aliphatic heterocycles. The molecular formula is C22H20F2O. The number of halogens is 2.